The highest BCUT2D eigenvalue weighted by molar-refractivity contribution is 5.67. The number of carbonyl (C=O) groups is 2. The van der Waals surface area contributed by atoms with Crippen molar-refractivity contribution in [1.29, 1.82) is 0 Å². The van der Waals surface area contributed by atoms with Crippen molar-refractivity contribution in [2.75, 3.05) is 6.61 Å². The molecule has 0 aliphatic carbocycles. The summed E-state index contributed by atoms with van der Waals surface area (Å²) < 4.78 is 4.91. The summed E-state index contributed by atoms with van der Waals surface area (Å²) in [6.45, 7) is 9.35. The van der Waals surface area contributed by atoms with Crippen LogP contribution in [0.4, 0.5) is 0 Å². The van der Waals surface area contributed by atoms with Gasteiger partial charge in [-0.1, -0.05) is 64.8 Å². The smallest absolute Gasteiger partial charge is 0.303 e. The lowest BCUT2D eigenvalue weighted by molar-refractivity contribution is -0.139. The molecule has 0 heterocycles. The molecule has 4 nitrogen and oxygen atoms in total. The van der Waals surface area contributed by atoms with Crippen molar-refractivity contribution in [1.82, 2.24) is 0 Å². The second-order valence-corrected chi connectivity index (χ2v) is 9.54. The van der Waals surface area contributed by atoms with Crippen LogP contribution >= 0.6 is 0 Å². The minimum atomic E-state index is -0.711. The molecule has 0 bridgehead atoms. The molecule has 0 saturated heterocycles. The van der Waals surface area contributed by atoms with Gasteiger partial charge in [0.05, 0.1) is 13.0 Å². The molecule has 1 rings (SSSR count). The van der Waals surface area contributed by atoms with Gasteiger partial charge in [0.1, 0.15) is 0 Å². The molecule has 0 aliphatic rings. The second kappa shape index (κ2) is 11.9. The van der Waals surface area contributed by atoms with E-state index in [0.29, 0.717) is 13.1 Å². The summed E-state index contributed by atoms with van der Waals surface area (Å²) in [5.74, 6) is -0.711. The van der Waals surface area contributed by atoms with E-state index in [4.69, 9.17) is 9.84 Å². The largest absolute Gasteiger partial charge is 0.481 e. The topological polar surface area (TPSA) is 63.6 Å². The van der Waals surface area contributed by atoms with Gasteiger partial charge in [0, 0.05) is 0 Å². The second-order valence-electron chi connectivity index (χ2n) is 9.54. The Morgan fingerprint density at radius 3 is 2.00 bits per heavy atom. The number of carbonyl (C=O) groups excluding carboxylic acids is 1. The Bertz CT molecular complexity index is 604. The summed E-state index contributed by atoms with van der Waals surface area (Å²) in [7, 11) is 0. The highest BCUT2D eigenvalue weighted by atomic mass is 16.5. The predicted molar refractivity (Wildman–Crippen MR) is 113 cm³/mol. The normalized spacial score (nSPS) is 12.0. The van der Waals surface area contributed by atoms with Crippen LogP contribution in [0.1, 0.15) is 83.8 Å². The third-order valence-corrected chi connectivity index (χ3v) is 5.30. The first-order valence-electron chi connectivity index (χ1n) is 10.5. The molecule has 0 atom stereocenters. The van der Waals surface area contributed by atoms with Crippen LogP contribution in [0.3, 0.4) is 0 Å². The Morgan fingerprint density at radius 2 is 1.50 bits per heavy atom. The fourth-order valence-electron chi connectivity index (χ4n) is 3.64. The quantitative estimate of drug-likeness (QED) is 0.303. The van der Waals surface area contributed by atoms with Crippen molar-refractivity contribution in [2.24, 2.45) is 10.8 Å². The molecule has 28 heavy (non-hydrogen) atoms. The van der Waals surface area contributed by atoms with E-state index in [2.05, 4.69) is 38.1 Å². The van der Waals surface area contributed by atoms with E-state index in [1.807, 2.05) is 13.8 Å². The van der Waals surface area contributed by atoms with Crippen LogP contribution in [0.25, 0.3) is 0 Å². The monoisotopic (exact) mass is 390 g/mol. The molecule has 0 amide bonds. The maximum atomic E-state index is 10.9. The van der Waals surface area contributed by atoms with Crippen LogP contribution in [0.15, 0.2) is 24.3 Å². The van der Waals surface area contributed by atoms with Crippen LogP contribution < -0.4 is 0 Å². The number of ether oxygens (including phenoxy) is 1. The fourth-order valence-corrected chi connectivity index (χ4v) is 3.64. The summed E-state index contributed by atoms with van der Waals surface area (Å²) >= 11 is 0. The van der Waals surface area contributed by atoms with E-state index in [1.54, 1.807) is 0 Å². The van der Waals surface area contributed by atoms with E-state index >= 15 is 0 Å². The fraction of sp³-hybridized carbons (Fsp3) is 0.667. The lowest BCUT2D eigenvalue weighted by atomic mass is 9.83. The number of benzene rings is 1. The number of carboxylic acid groups (broad SMARTS) is 1. The van der Waals surface area contributed by atoms with E-state index in [-0.39, 0.29) is 17.3 Å². The first-order valence-corrected chi connectivity index (χ1v) is 10.5. The molecule has 0 saturated carbocycles. The van der Waals surface area contributed by atoms with Crippen molar-refractivity contribution < 1.29 is 19.4 Å². The molecule has 0 aromatic heterocycles. The molecule has 4 heteroatoms. The van der Waals surface area contributed by atoms with Gasteiger partial charge in [-0.15, -0.1) is 0 Å². The molecular formula is C24H38O4. The number of hydrogen-bond acceptors (Lipinski definition) is 3. The number of carboxylic acids is 1. The number of aryl methyl sites for hydroxylation is 2. The van der Waals surface area contributed by atoms with Crippen LogP contribution in [0, 0.1) is 10.8 Å². The van der Waals surface area contributed by atoms with Crippen molar-refractivity contribution in [2.45, 2.75) is 85.5 Å². The third-order valence-electron chi connectivity index (χ3n) is 5.30. The van der Waals surface area contributed by atoms with Gasteiger partial charge in [-0.2, -0.15) is 0 Å². The zero-order valence-electron chi connectivity index (χ0n) is 18.1. The van der Waals surface area contributed by atoms with Crippen molar-refractivity contribution in [3.63, 3.8) is 0 Å². The maximum Gasteiger partial charge on any atom is 0.303 e. The van der Waals surface area contributed by atoms with Crippen LogP contribution in [-0.2, 0) is 27.2 Å². The Hall–Kier alpha value is -1.84. The van der Waals surface area contributed by atoms with E-state index in [1.165, 1.54) is 11.1 Å². The standard InChI is InChI=1S/C24H38O4/c1-23(2,17-22(26)27)14-7-5-10-20-12-9-13-21(16-20)11-6-8-15-24(3,4)18-28-19-25/h9,12-13,16,19H,5-8,10-11,14-15,17-18H2,1-4H3,(H,26,27). The molecule has 0 radical (unpaired) electrons. The minimum Gasteiger partial charge on any atom is -0.481 e. The number of aliphatic carboxylic acids is 1. The zero-order valence-corrected chi connectivity index (χ0v) is 18.1. The number of rotatable bonds is 15. The minimum absolute atomic E-state index is 0.0389. The summed E-state index contributed by atoms with van der Waals surface area (Å²) in [5.41, 5.74) is 2.66. The molecule has 0 unspecified atom stereocenters. The van der Waals surface area contributed by atoms with E-state index in [9.17, 15) is 9.59 Å². The van der Waals surface area contributed by atoms with E-state index < -0.39 is 5.97 Å². The lowest BCUT2D eigenvalue weighted by Crippen LogP contribution is -2.18. The Kier molecular flexibility index (Phi) is 10.3. The summed E-state index contributed by atoms with van der Waals surface area (Å²) in [5, 5.41) is 8.97. The number of hydrogen-bond donors (Lipinski definition) is 1. The van der Waals surface area contributed by atoms with Crippen molar-refractivity contribution in [3.8, 4) is 0 Å². The van der Waals surface area contributed by atoms with Crippen molar-refractivity contribution >= 4 is 12.4 Å². The molecular weight excluding hydrogens is 352 g/mol. The van der Waals surface area contributed by atoms with Crippen LogP contribution in [0.5, 0.6) is 0 Å². The Balaban J connectivity index is 2.32. The molecule has 1 aromatic rings. The molecule has 0 spiro atoms. The van der Waals surface area contributed by atoms with Crippen LogP contribution in [0.2, 0.25) is 0 Å². The van der Waals surface area contributed by atoms with Crippen molar-refractivity contribution in [3.05, 3.63) is 35.4 Å². The molecule has 1 N–H and O–H groups in total. The van der Waals surface area contributed by atoms with Gasteiger partial charge in [0.15, 0.2) is 0 Å². The van der Waals surface area contributed by atoms with Gasteiger partial charge in [0.25, 0.3) is 6.47 Å². The average Bonchev–Trinajstić information content (AvgIpc) is 2.60. The zero-order chi connectivity index (χ0) is 21.0. The van der Waals surface area contributed by atoms with Crippen LogP contribution in [-0.4, -0.2) is 24.2 Å². The Morgan fingerprint density at radius 1 is 0.964 bits per heavy atom. The number of unbranched alkanes of at least 4 members (excludes halogenated alkanes) is 2. The lowest BCUT2D eigenvalue weighted by Gasteiger charge is -2.22. The molecule has 0 fully saturated rings. The third kappa shape index (κ3) is 11.1. The Labute approximate surface area is 170 Å². The van der Waals surface area contributed by atoms with Gasteiger partial charge in [-0.3, -0.25) is 9.59 Å². The summed E-state index contributed by atoms with van der Waals surface area (Å²) in [6, 6.07) is 8.83. The highest BCUT2D eigenvalue weighted by Gasteiger charge is 2.21. The first-order chi connectivity index (χ1) is 13.1. The molecule has 0 aliphatic heterocycles. The molecule has 158 valence electrons. The van der Waals surface area contributed by atoms with Gasteiger partial charge in [0.2, 0.25) is 0 Å². The van der Waals surface area contributed by atoms with Gasteiger partial charge in [-0.25, -0.2) is 0 Å². The van der Waals surface area contributed by atoms with E-state index in [0.717, 1.165) is 51.4 Å². The summed E-state index contributed by atoms with van der Waals surface area (Å²) in [6.07, 6.45) is 8.77. The SMILES string of the molecule is CC(C)(CCCCc1cccc(CCCCC(C)(C)CC(=O)O)c1)COC=O. The summed E-state index contributed by atoms with van der Waals surface area (Å²) in [4.78, 5) is 21.2. The predicted octanol–water partition coefficient (Wildman–Crippen LogP) is 5.81. The average molecular weight is 391 g/mol. The first kappa shape index (κ1) is 24.2. The van der Waals surface area contributed by atoms with Gasteiger partial charge < -0.3 is 9.84 Å². The molecule has 1 aromatic carbocycles. The van der Waals surface area contributed by atoms with Gasteiger partial charge >= 0.3 is 5.97 Å². The maximum absolute atomic E-state index is 10.9. The highest BCUT2D eigenvalue weighted by Crippen LogP contribution is 2.28. The van der Waals surface area contributed by atoms with Gasteiger partial charge in [-0.05, 0) is 60.5 Å².